The van der Waals surface area contributed by atoms with E-state index in [1.165, 1.54) is 0 Å². The van der Waals surface area contributed by atoms with E-state index in [0.717, 1.165) is 17.3 Å². The van der Waals surface area contributed by atoms with Crippen LogP contribution in [0, 0.1) is 5.41 Å². The van der Waals surface area contributed by atoms with E-state index in [0.29, 0.717) is 11.3 Å². The van der Waals surface area contributed by atoms with Crippen LogP contribution in [0.4, 0.5) is 0 Å². The maximum atomic E-state index is 13.3. The second-order valence-electron chi connectivity index (χ2n) is 8.74. The smallest absolute Gasteiger partial charge is 0.176 e. The predicted octanol–water partition coefficient (Wildman–Crippen LogP) is 6.63. The van der Waals surface area contributed by atoms with Crippen LogP contribution in [0.5, 0.6) is 17.2 Å². The van der Waals surface area contributed by atoms with E-state index >= 15 is 0 Å². The molecule has 0 saturated carbocycles. The Bertz CT molecular complexity index is 791. The molecule has 0 aromatic heterocycles. The largest absolute Gasteiger partial charge is 0.497 e. The first-order valence-corrected chi connectivity index (χ1v) is 11.4. The zero-order valence-corrected chi connectivity index (χ0v) is 19.9. The summed E-state index contributed by atoms with van der Waals surface area (Å²) >= 11 is 1.67. The second-order valence-corrected chi connectivity index (χ2v) is 9.88. The molecule has 0 aliphatic heterocycles. The highest BCUT2D eigenvalue weighted by Gasteiger charge is 2.32. The average Bonchev–Trinajstić information content (AvgIpc) is 2.67. The summed E-state index contributed by atoms with van der Waals surface area (Å²) in [6.07, 6.45) is 0.288. The fourth-order valence-corrected chi connectivity index (χ4v) is 4.40. The first kappa shape index (κ1) is 24.3. The van der Waals surface area contributed by atoms with Gasteiger partial charge >= 0.3 is 0 Å². The van der Waals surface area contributed by atoms with E-state index in [9.17, 15) is 4.79 Å². The molecule has 30 heavy (non-hydrogen) atoms. The third-order valence-corrected chi connectivity index (χ3v) is 6.38. The Morgan fingerprint density at radius 3 is 1.87 bits per heavy atom. The number of hydrogen-bond acceptors (Lipinski definition) is 5. The quantitative estimate of drug-likeness (QED) is 0.396. The Kier molecular flexibility index (Phi) is 8.80. The van der Waals surface area contributed by atoms with Crippen molar-refractivity contribution < 1.29 is 19.0 Å². The molecule has 5 heteroatoms. The van der Waals surface area contributed by atoms with Gasteiger partial charge < -0.3 is 14.2 Å². The molecule has 0 aliphatic rings. The Labute approximate surface area is 185 Å². The summed E-state index contributed by atoms with van der Waals surface area (Å²) in [5.74, 6) is 3.11. The van der Waals surface area contributed by atoms with Crippen molar-refractivity contribution in [2.24, 2.45) is 5.41 Å². The van der Waals surface area contributed by atoms with E-state index in [1.807, 2.05) is 62.4 Å². The maximum absolute atomic E-state index is 13.3. The van der Waals surface area contributed by atoms with Gasteiger partial charge in [0.2, 0.25) is 0 Å². The van der Waals surface area contributed by atoms with Gasteiger partial charge in [0.15, 0.2) is 5.78 Å². The molecule has 2 rings (SSSR count). The second kappa shape index (κ2) is 10.9. The molecular formula is C25H34O4S. The van der Waals surface area contributed by atoms with E-state index in [2.05, 4.69) is 27.7 Å². The zero-order chi connectivity index (χ0) is 22.3. The van der Waals surface area contributed by atoms with Crippen LogP contribution in [0.2, 0.25) is 0 Å². The average molecular weight is 431 g/mol. The van der Waals surface area contributed by atoms with Gasteiger partial charge in [-0.3, -0.25) is 4.79 Å². The molecule has 0 bridgehead atoms. The number of thioether (sulfide) groups is 1. The molecule has 2 unspecified atom stereocenters. The van der Waals surface area contributed by atoms with Crippen LogP contribution in [-0.4, -0.2) is 36.1 Å². The lowest BCUT2D eigenvalue weighted by Crippen LogP contribution is -2.33. The summed E-state index contributed by atoms with van der Waals surface area (Å²) in [7, 11) is 1.63. The van der Waals surface area contributed by atoms with Gasteiger partial charge in [-0.1, -0.05) is 20.8 Å². The Hall–Kier alpha value is -1.98. The van der Waals surface area contributed by atoms with E-state index in [4.69, 9.17) is 14.2 Å². The molecule has 0 fully saturated rings. The van der Waals surface area contributed by atoms with Crippen molar-refractivity contribution in [3.63, 3.8) is 0 Å². The lowest BCUT2D eigenvalue weighted by molar-refractivity contribution is 0.0326. The Balaban J connectivity index is 2.06. The molecule has 4 nitrogen and oxygen atoms in total. The van der Waals surface area contributed by atoms with Gasteiger partial charge in [-0.15, -0.1) is 11.8 Å². The maximum Gasteiger partial charge on any atom is 0.176 e. The number of ketones is 1. The SMILES string of the molecule is COc1ccc(Oc2ccc(C(=O)C(SCC(C)OC(C)C)C(C)(C)C)cc2)cc1. The standard InChI is InChI=1S/C25H34O4S/c1-17(2)28-18(3)16-30-24(25(4,5)6)23(26)19-8-10-21(11-9-19)29-22-14-12-20(27-7)13-15-22/h8-15,17-18,24H,16H2,1-7H3. The molecule has 0 radical (unpaired) electrons. The van der Waals surface area contributed by atoms with Gasteiger partial charge in [0.05, 0.1) is 24.6 Å². The topological polar surface area (TPSA) is 44.8 Å². The third-order valence-electron chi connectivity index (χ3n) is 4.46. The number of benzene rings is 2. The third kappa shape index (κ3) is 7.37. The van der Waals surface area contributed by atoms with Crippen LogP contribution in [0.15, 0.2) is 48.5 Å². The summed E-state index contributed by atoms with van der Waals surface area (Å²) in [5, 5.41) is -0.149. The van der Waals surface area contributed by atoms with Gasteiger partial charge in [-0.05, 0) is 74.7 Å². The number of ether oxygens (including phenoxy) is 3. The minimum Gasteiger partial charge on any atom is -0.497 e. The summed E-state index contributed by atoms with van der Waals surface area (Å²) in [6, 6.07) is 14.8. The Morgan fingerprint density at radius 1 is 0.900 bits per heavy atom. The number of carbonyl (C=O) groups excluding carboxylic acids is 1. The van der Waals surface area contributed by atoms with Crippen LogP contribution >= 0.6 is 11.8 Å². The highest BCUT2D eigenvalue weighted by molar-refractivity contribution is 8.00. The van der Waals surface area contributed by atoms with Crippen molar-refractivity contribution in [3.8, 4) is 17.2 Å². The fraction of sp³-hybridized carbons (Fsp3) is 0.480. The number of methoxy groups -OCH3 is 1. The molecule has 0 amide bonds. The summed E-state index contributed by atoms with van der Waals surface area (Å²) in [6.45, 7) is 12.4. The van der Waals surface area contributed by atoms with Crippen molar-refractivity contribution in [2.75, 3.05) is 12.9 Å². The number of hydrogen-bond donors (Lipinski definition) is 0. The van der Waals surface area contributed by atoms with Crippen LogP contribution in [0.25, 0.3) is 0 Å². The predicted molar refractivity (Wildman–Crippen MR) is 125 cm³/mol. The van der Waals surface area contributed by atoms with Crippen molar-refractivity contribution in [2.45, 2.75) is 59.0 Å². The molecule has 0 heterocycles. The van der Waals surface area contributed by atoms with Gasteiger partial charge in [0.25, 0.3) is 0 Å². The van der Waals surface area contributed by atoms with Crippen molar-refractivity contribution in [3.05, 3.63) is 54.1 Å². The number of Topliss-reactive ketones (excluding diaryl/α,β-unsaturated/α-hetero) is 1. The van der Waals surface area contributed by atoms with Crippen molar-refractivity contribution in [1.82, 2.24) is 0 Å². The van der Waals surface area contributed by atoms with Gasteiger partial charge in [-0.2, -0.15) is 0 Å². The zero-order valence-electron chi connectivity index (χ0n) is 19.1. The van der Waals surface area contributed by atoms with Gasteiger partial charge in [-0.25, -0.2) is 0 Å². The van der Waals surface area contributed by atoms with Gasteiger partial charge in [0.1, 0.15) is 17.2 Å². The van der Waals surface area contributed by atoms with Crippen LogP contribution in [-0.2, 0) is 4.74 Å². The van der Waals surface area contributed by atoms with Gasteiger partial charge in [0, 0.05) is 11.3 Å². The normalized spacial score (nSPS) is 13.7. The highest BCUT2D eigenvalue weighted by atomic mass is 32.2. The van der Waals surface area contributed by atoms with Crippen LogP contribution < -0.4 is 9.47 Å². The summed E-state index contributed by atoms with van der Waals surface area (Å²) in [5.41, 5.74) is 0.541. The molecule has 2 atom stereocenters. The summed E-state index contributed by atoms with van der Waals surface area (Å²) in [4.78, 5) is 13.3. The molecular weight excluding hydrogens is 396 g/mol. The molecule has 0 N–H and O–H groups in total. The molecule has 164 valence electrons. The lowest BCUT2D eigenvalue weighted by atomic mass is 9.87. The number of carbonyl (C=O) groups is 1. The van der Waals surface area contributed by atoms with E-state index in [-0.39, 0.29) is 28.7 Å². The fourth-order valence-electron chi connectivity index (χ4n) is 3.07. The van der Waals surface area contributed by atoms with E-state index < -0.39 is 0 Å². The lowest BCUT2D eigenvalue weighted by Gasteiger charge is -2.30. The molecule has 0 saturated heterocycles. The van der Waals surface area contributed by atoms with Crippen LogP contribution in [0.3, 0.4) is 0 Å². The molecule has 0 aliphatic carbocycles. The highest BCUT2D eigenvalue weighted by Crippen LogP contribution is 2.34. The van der Waals surface area contributed by atoms with E-state index in [1.54, 1.807) is 18.9 Å². The molecule has 2 aromatic rings. The first-order valence-electron chi connectivity index (χ1n) is 10.3. The number of rotatable bonds is 10. The van der Waals surface area contributed by atoms with Crippen molar-refractivity contribution in [1.29, 1.82) is 0 Å². The Morgan fingerprint density at radius 2 is 1.40 bits per heavy atom. The van der Waals surface area contributed by atoms with Crippen LogP contribution in [0.1, 0.15) is 51.9 Å². The molecule has 2 aromatic carbocycles. The first-order chi connectivity index (χ1) is 14.1. The molecule has 0 spiro atoms. The summed E-state index contributed by atoms with van der Waals surface area (Å²) < 4.78 is 16.9. The minimum atomic E-state index is -0.155. The monoisotopic (exact) mass is 430 g/mol. The van der Waals surface area contributed by atoms with Crippen molar-refractivity contribution >= 4 is 17.5 Å². The minimum absolute atomic E-state index is 0.105.